The Balaban J connectivity index is 3.43. The predicted octanol–water partition coefficient (Wildman–Crippen LogP) is 20.4. The van der Waals surface area contributed by atoms with E-state index in [1.807, 2.05) is 6.08 Å². The van der Waals surface area contributed by atoms with Crippen LogP contribution < -0.4 is 5.32 Å². The van der Waals surface area contributed by atoms with Crippen LogP contribution in [0.2, 0.25) is 0 Å². The Kier molecular flexibility index (Phi) is 59.9. The standard InChI is InChI=1S/C65H127NO5/c1-3-5-7-9-11-13-15-17-19-20-21-22-23-24-27-30-33-37-41-45-49-53-57-63(68)62(61-67)66-64(69)58-54-50-46-42-38-34-31-28-25-26-29-32-36-40-44-48-52-56-60-71-65(70)59-55-51-47-43-39-35-18-16-14-12-10-8-6-4-2/h53,57,62-63,67-68H,3-52,54-56,58-61H2,1-2H3,(H,66,69)/b57-53+. The Morgan fingerprint density at radius 3 is 0.958 bits per heavy atom. The summed E-state index contributed by atoms with van der Waals surface area (Å²) in [6.45, 7) is 4.93. The molecule has 0 radical (unpaired) electrons. The SMILES string of the molecule is CCCCCCCCCCCCCCCCCCCCCC/C=C/C(O)C(CO)NC(=O)CCCCCCCCCCCCCCCCCCCCOC(=O)CCCCCCCCCCCCCCCC. The van der Waals surface area contributed by atoms with Crippen LogP contribution in [-0.2, 0) is 14.3 Å². The number of aliphatic hydroxyl groups excluding tert-OH is 2. The number of nitrogens with one attached hydrogen (secondary N) is 1. The zero-order valence-electron chi connectivity index (χ0n) is 48.2. The van der Waals surface area contributed by atoms with Crippen molar-refractivity contribution < 1.29 is 24.5 Å². The summed E-state index contributed by atoms with van der Waals surface area (Å²) in [5.41, 5.74) is 0. The smallest absolute Gasteiger partial charge is 0.305 e. The summed E-state index contributed by atoms with van der Waals surface area (Å²) in [6, 6.07) is -0.631. The van der Waals surface area contributed by atoms with Gasteiger partial charge in [-0.05, 0) is 32.1 Å². The molecule has 0 saturated heterocycles. The number of hydrogen-bond acceptors (Lipinski definition) is 5. The molecule has 0 bridgehead atoms. The Bertz CT molecular complexity index is 1060. The molecule has 3 N–H and O–H groups in total. The van der Waals surface area contributed by atoms with E-state index in [9.17, 15) is 19.8 Å². The normalized spacial score (nSPS) is 12.6. The van der Waals surface area contributed by atoms with Crippen LogP contribution in [-0.4, -0.2) is 47.4 Å². The quantitative estimate of drug-likeness (QED) is 0.0320. The van der Waals surface area contributed by atoms with Gasteiger partial charge < -0.3 is 20.3 Å². The molecule has 0 aliphatic heterocycles. The van der Waals surface area contributed by atoms with Gasteiger partial charge in [-0.25, -0.2) is 0 Å². The number of rotatable bonds is 61. The number of ether oxygens (including phenoxy) is 1. The molecule has 0 spiro atoms. The second-order valence-corrected chi connectivity index (χ2v) is 22.5. The van der Waals surface area contributed by atoms with Crippen molar-refractivity contribution in [2.24, 2.45) is 0 Å². The van der Waals surface area contributed by atoms with Crippen LogP contribution in [0.25, 0.3) is 0 Å². The molecule has 0 heterocycles. The number of allylic oxidation sites excluding steroid dienone is 1. The number of esters is 1. The Morgan fingerprint density at radius 2 is 0.648 bits per heavy atom. The third-order valence-corrected chi connectivity index (χ3v) is 15.3. The summed E-state index contributed by atoms with van der Waals surface area (Å²) >= 11 is 0. The minimum Gasteiger partial charge on any atom is -0.466 e. The summed E-state index contributed by atoms with van der Waals surface area (Å²) in [6.07, 6.45) is 74.0. The van der Waals surface area contributed by atoms with Gasteiger partial charge in [-0.15, -0.1) is 0 Å². The van der Waals surface area contributed by atoms with Gasteiger partial charge in [-0.2, -0.15) is 0 Å². The molecule has 1 amide bonds. The second-order valence-electron chi connectivity index (χ2n) is 22.5. The molecule has 2 atom stereocenters. The fourth-order valence-electron chi connectivity index (χ4n) is 10.3. The lowest BCUT2D eigenvalue weighted by Crippen LogP contribution is -2.45. The van der Waals surface area contributed by atoms with Crippen LogP contribution in [0, 0.1) is 0 Å². The zero-order valence-corrected chi connectivity index (χ0v) is 48.2. The number of unbranched alkanes of at least 4 members (excludes halogenated alkanes) is 50. The van der Waals surface area contributed by atoms with E-state index in [0.29, 0.717) is 19.4 Å². The third-order valence-electron chi connectivity index (χ3n) is 15.3. The minimum absolute atomic E-state index is 0.00980. The highest BCUT2D eigenvalue weighted by atomic mass is 16.5. The van der Waals surface area contributed by atoms with Crippen LogP contribution >= 0.6 is 0 Å². The van der Waals surface area contributed by atoms with Gasteiger partial charge >= 0.3 is 5.97 Å². The van der Waals surface area contributed by atoms with Crippen molar-refractivity contribution >= 4 is 11.9 Å². The molecule has 0 aromatic carbocycles. The molecule has 71 heavy (non-hydrogen) atoms. The van der Waals surface area contributed by atoms with Crippen molar-refractivity contribution in [3.8, 4) is 0 Å². The van der Waals surface area contributed by atoms with E-state index in [4.69, 9.17) is 4.74 Å². The van der Waals surface area contributed by atoms with Gasteiger partial charge in [0.2, 0.25) is 5.91 Å². The van der Waals surface area contributed by atoms with Gasteiger partial charge in [0.25, 0.3) is 0 Å². The fraction of sp³-hybridized carbons (Fsp3) is 0.938. The monoisotopic (exact) mass is 1000 g/mol. The number of hydrogen-bond donors (Lipinski definition) is 3. The first-order chi connectivity index (χ1) is 35.0. The Hall–Kier alpha value is -1.40. The van der Waals surface area contributed by atoms with Crippen molar-refractivity contribution in [1.82, 2.24) is 5.32 Å². The summed E-state index contributed by atoms with van der Waals surface area (Å²) in [7, 11) is 0. The molecule has 0 saturated carbocycles. The molecule has 6 nitrogen and oxygen atoms in total. The Labute approximate surface area is 444 Å². The van der Waals surface area contributed by atoms with E-state index in [2.05, 4.69) is 19.2 Å². The molecule has 0 aromatic rings. The molecule has 0 aromatic heterocycles. The number of carbonyl (C=O) groups is 2. The van der Waals surface area contributed by atoms with E-state index in [-0.39, 0.29) is 18.5 Å². The molecule has 0 aliphatic carbocycles. The fourth-order valence-corrected chi connectivity index (χ4v) is 10.3. The lowest BCUT2D eigenvalue weighted by Gasteiger charge is -2.20. The van der Waals surface area contributed by atoms with Gasteiger partial charge in [-0.3, -0.25) is 9.59 Å². The molecule has 422 valence electrons. The summed E-state index contributed by atoms with van der Waals surface area (Å²) in [5.74, 6) is -0.0578. The first-order valence-electron chi connectivity index (χ1n) is 32.5. The van der Waals surface area contributed by atoms with Crippen LogP contribution in [0.15, 0.2) is 12.2 Å². The summed E-state index contributed by atoms with van der Waals surface area (Å²) in [4.78, 5) is 24.6. The summed E-state index contributed by atoms with van der Waals surface area (Å²) in [5, 5.41) is 23.2. The van der Waals surface area contributed by atoms with Gasteiger partial charge in [-0.1, -0.05) is 334 Å². The van der Waals surface area contributed by atoms with Crippen molar-refractivity contribution in [2.75, 3.05) is 13.2 Å². The van der Waals surface area contributed by atoms with Gasteiger partial charge in [0.1, 0.15) is 0 Å². The largest absolute Gasteiger partial charge is 0.466 e. The van der Waals surface area contributed by atoms with Gasteiger partial charge in [0.15, 0.2) is 0 Å². The zero-order chi connectivity index (χ0) is 51.4. The maximum Gasteiger partial charge on any atom is 0.305 e. The first-order valence-corrected chi connectivity index (χ1v) is 32.5. The van der Waals surface area contributed by atoms with Crippen molar-refractivity contribution in [1.29, 1.82) is 0 Å². The van der Waals surface area contributed by atoms with Gasteiger partial charge in [0, 0.05) is 12.8 Å². The molecular formula is C65H127NO5. The molecule has 2 unspecified atom stereocenters. The van der Waals surface area contributed by atoms with E-state index in [0.717, 1.165) is 38.5 Å². The topological polar surface area (TPSA) is 95.9 Å². The lowest BCUT2D eigenvalue weighted by atomic mass is 10.0. The van der Waals surface area contributed by atoms with E-state index >= 15 is 0 Å². The lowest BCUT2D eigenvalue weighted by molar-refractivity contribution is -0.143. The second kappa shape index (κ2) is 61.1. The van der Waals surface area contributed by atoms with Crippen LogP contribution in [0.1, 0.15) is 367 Å². The molecule has 6 heteroatoms. The van der Waals surface area contributed by atoms with Crippen molar-refractivity contribution in [3.63, 3.8) is 0 Å². The number of carbonyl (C=O) groups excluding carboxylic acids is 2. The van der Waals surface area contributed by atoms with Crippen LogP contribution in [0.5, 0.6) is 0 Å². The number of amides is 1. The third kappa shape index (κ3) is 57.7. The summed E-state index contributed by atoms with van der Waals surface area (Å²) < 4.78 is 5.49. The minimum atomic E-state index is -0.847. The highest BCUT2D eigenvalue weighted by Gasteiger charge is 2.18. The van der Waals surface area contributed by atoms with Crippen molar-refractivity contribution in [3.05, 3.63) is 12.2 Å². The van der Waals surface area contributed by atoms with E-state index in [1.165, 1.54) is 302 Å². The van der Waals surface area contributed by atoms with E-state index in [1.54, 1.807) is 6.08 Å². The highest BCUT2D eigenvalue weighted by molar-refractivity contribution is 5.76. The average Bonchev–Trinajstić information content (AvgIpc) is 3.37. The highest BCUT2D eigenvalue weighted by Crippen LogP contribution is 2.18. The molecular weight excluding hydrogens is 875 g/mol. The maximum absolute atomic E-state index is 12.5. The predicted molar refractivity (Wildman–Crippen MR) is 310 cm³/mol. The molecule has 0 aliphatic rings. The van der Waals surface area contributed by atoms with Crippen LogP contribution in [0.3, 0.4) is 0 Å². The van der Waals surface area contributed by atoms with E-state index < -0.39 is 12.1 Å². The molecule has 0 rings (SSSR count). The maximum atomic E-state index is 12.5. The van der Waals surface area contributed by atoms with Crippen molar-refractivity contribution in [2.45, 2.75) is 379 Å². The Morgan fingerprint density at radius 1 is 0.380 bits per heavy atom. The van der Waals surface area contributed by atoms with Gasteiger partial charge in [0.05, 0.1) is 25.4 Å². The number of aliphatic hydroxyl groups is 2. The first kappa shape index (κ1) is 69.6. The average molecular weight is 1000 g/mol. The van der Waals surface area contributed by atoms with Crippen LogP contribution in [0.4, 0.5) is 0 Å². The molecule has 0 fully saturated rings.